The van der Waals surface area contributed by atoms with Crippen molar-refractivity contribution in [3.05, 3.63) is 35.1 Å². The number of amides is 1. The fourth-order valence-electron chi connectivity index (χ4n) is 2.36. The predicted molar refractivity (Wildman–Crippen MR) is 83.8 cm³/mol. The number of sulfonamides is 1. The van der Waals surface area contributed by atoms with Crippen LogP contribution in [0.15, 0.2) is 29.4 Å². The van der Waals surface area contributed by atoms with Crippen LogP contribution >= 0.6 is 11.6 Å². The van der Waals surface area contributed by atoms with Gasteiger partial charge >= 0.3 is 0 Å². The molecule has 0 unspecified atom stereocenters. The number of halogens is 1. The molecule has 0 spiro atoms. The van der Waals surface area contributed by atoms with Crippen LogP contribution in [0.1, 0.15) is 23.2 Å². The number of aromatic nitrogens is 3. The zero-order valence-corrected chi connectivity index (χ0v) is 13.6. The van der Waals surface area contributed by atoms with Gasteiger partial charge < -0.3 is 0 Å². The van der Waals surface area contributed by atoms with Gasteiger partial charge in [-0.05, 0) is 31.0 Å². The molecule has 0 atom stereocenters. The molecule has 122 valence electrons. The molecule has 10 heteroatoms. The van der Waals surface area contributed by atoms with E-state index in [0.29, 0.717) is 13.1 Å². The topological polar surface area (TPSA) is 108 Å². The molecule has 0 bridgehead atoms. The Hall–Kier alpha value is -1.97. The van der Waals surface area contributed by atoms with E-state index in [4.69, 9.17) is 11.6 Å². The summed E-state index contributed by atoms with van der Waals surface area (Å²) >= 11 is 6.03. The van der Waals surface area contributed by atoms with Crippen LogP contribution in [-0.2, 0) is 10.0 Å². The van der Waals surface area contributed by atoms with Crippen LogP contribution in [0.3, 0.4) is 0 Å². The third kappa shape index (κ3) is 3.21. The number of nitrogens with one attached hydrogen (secondary N) is 2. The Morgan fingerprint density at radius 3 is 2.70 bits per heavy atom. The van der Waals surface area contributed by atoms with Crippen molar-refractivity contribution in [2.75, 3.05) is 18.4 Å². The summed E-state index contributed by atoms with van der Waals surface area (Å²) in [5, 5.41) is 8.72. The van der Waals surface area contributed by atoms with E-state index in [2.05, 4.69) is 20.5 Å². The monoisotopic (exact) mass is 355 g/mol. The lowest BCUT2D eigenvalue weighted by molar-refractivity contribution is 0.102. The quantitative estimate of drug-likeness (QED) is 0.863. The number of nitrogens with zero attached hydrogens (tertiary/aromatic N) is 3. The van der Waals surface area contributed by atoms with Crippen molar-refractivity contribution in [3.8, 4) is 0 Å². The van der Waals surface area contributed by atoms with E-state index in [-0.39, 0.29) is 21.4 Å². The van der Waals surface area contributed by atoms with Crippen LogP contribution in [0, 0.1) is 0 Å². The van der Waals surface area contributed by atoms with E-state index in [9.17, 15) is 13.2 Å². The van der Waals surface area contributed by atoms with Crippen LogP contribution in [-0.4, -0.2) is 46.9 Å². The molecule has 3 rings (SSSR count). The average Bonchev–Trinajstić information content (AvgIpc) is 3.20. The molecule has 2 aromatic rings. The fraction of sp³-hybridized carbons (Fsp3) is 0.308. The molecule has 1 aliphatic heterocycles. The molecular weight excluding hydrogens is 342 g/mol. The number of rotatable bonds is 4. The first-order valence-electron chi connectivity index (χ1n) is 6.95. The maximum absolute atomic E-state index is 12.6. The first-order valence-corrected chi connectivity index (χ1v) is 8.77. The number of hydrogen-bond acceptors (Lipinski definition) is 5. The number of carbonyl (C=O) groups excluding carboxylic acids is 1. The van der Waals surface area contributed by atoms with Gasteiger partial charge in [-0.15, -0.1) is 0 Å². The van der Waals surface area contributed by atoms with Gasteiger partial charge in [-0.3, -0.25) is 10.1 Å². The minimum atomic E-state index is -3.61. The lowest BCUT2D eigenvalue weighted by atomic mass is 10.2. The van der Waals surface area contributed by atoms with Crippen LogP contribution in [0.5, 0.6) is 0 Å². The van der Waals surface area contributed by atoms with Gasteiger partial charge in [0.25, 0.3) is 5.91 Å². The molecule has 8 nitrogen and oxygen atoms in total. The zero-order chi connectivity index (χ0) is 16.4. The second kappa shape index (κ2) is 6.26. The minimum Gasteiger partial charge on any atom is -0.291 e. The van der Waals surface area contributed by atoms with Gasteiger partial charge in [-0.25, -0.2) is 13.5 Å². The normalized spacial score (nSPS) is 15.7. The number of aromatic amines is 1. The largest absolute Gasteiger partial charge is 0.291 e. The Morgan fingerprint density at radius 1 is 1.30 bits per heavy atom. The molecule has 0 aliphatic carbocycles. The van der Waals surface area contributed by atoms with Crippen molar-refractivity contribution in [2.45, 2.75) is 17.7 Å². The second-order valence-electron chi connectivity index (χ2n) is 5.04. The molecule has 1 aliphatic rings. The van der Waals surface area contributed by atoms with Gasteiger partial charge in [-0.2, -0.15) is 14.4 Å². The van der Waals surface area contributed by atoms with E-state index in [0.717, 1.165) is 12.8 Å². The highest BCUT2D eigenvalue weighted by Crippen LogP contribution is 2.25. The van der Waals surface area contributed by atoms with Gasteiger partial charge in [0.15, 0.2) is 0 Å². The van der Waals surface area contributed by atoms with Gasteiger partial charge in [0.1, 0.15) is 6.33 Å². The lowest BCUT2D eigenvalue weighted by Crippen LogP contribution is -2.28. The van der Waals surface area contributed by atoms with Gasteiger partial charge in [0.05, 0.1) is 15.5 Å². The van der Waals surface area contributed by atoms with Crippen molar-refractivity contribution in [1.82, 2.24) is 19.5 Å². The molecule has 0 saturated carbocycles. The van der Waals surface area contributed by atoms with E-state index < -0.39 is 15.9 Å². The standard InChI is InChI=1S/C13H14ClN5O3S/c14-11-4-3-9(23(21,22)19-5-1-2-6-19)7-10(11)12(20)17-13-15-8-16-18-13/h3-4,7-8H,1-2,5-6H2,(H2,15,16,17,18,20). The first-order chi connectivity index (χ1) is 11.0. The third-order valence-electron chi connectivity index (χ3n) is 3.53. The Labute approximate surface area is 137 Å². The van der Waals surface area contributed by atoms with Crippen LogP contribution in [0.2, 0.25) is 5.02 Å². The third-order valence-corrected chi connectivity index (χ3v) is 5.76. The number of hydrogen-bond donors (Lipinski definition) is 2. The Kier molecular flexibility index (Phi) is 4.33. The molecule has 1 amide bonds. The maximum Gasteiger partial charge on any atom is 0.259 e. The van der Waals surface area contributed by atoms with E-state index >= 15 is 0 Å². The molecule has 1 fully saturated rings. The number of H-pyrrole nitrogens is 1. The molecule has 1 aromatic carbocycles. The Bertz CT molecular complexity index is 816. The number of benzene rings is 1. The molecule has 1 saturated heterocycles. The average molecular weight is 356 g/mol. The molecule has 2 heterocycles. The van der Waals surface area contributed by atoms with Crippen molar-refractivity contribution in [2.24, 2.45) is 0 Å². The SMILES string of the molecule is O=C(Nc1ncn[nH]1)c1cc(S(=O)(=O)N2CCCC2)ccc1Cl. The summed E-state index contributed by atoms with van der Waals surface area (Å²) < 4.78 is 26.5. The van der Waals surface area contributed by atoms with Crippen LogP contribution in [0.4, 0.5) is 5.95 Å². The van der Waals surface area contributed by atoms with Crippen LogP contribution in [0.25, 0.3) is 0 Å². The highest BCUT2D eigenvalue weighted by molar-refractivity contribution is 7.89. The zero-order valence-electron chi connectivity index (χ0n) is 12.0. The number of anilines is 1. The smallest absolute Gasteiger partial charge is 0.259 e. The Morgan fingerprint density at radius 2 is 2.04 bits per heavy atom. The van der Waals surface area contributed by atoms with Crippen molar-refractivity contribution >= 4 is 33.5 Å². The summed E-state index contributed by atoms with van der Waals surface area (Å²) in [6.45, 7) is 0.981. The van der Waals surface area contributed by atoms with Gasteiger partial charge in [0.2, 0.25) is 16.0 Å². The highest BCUT2D eigenvalue weighted by Gasteiger charge is 2.28. The van der Waals surface area contributed by atoms with Crippen LogP contribution < -0.4 is 5.32 Å². The van der Waals surface area contributed by atoms with Crippen molar-refractivity contribution in [3.63, 3.8) is 0 Å². The molecule has 2 N–H and O–H groups in total. The summed E-state index contributed by atoms with van der Waals surface area (Å²) in [5.74, 6) is -0.413. The molecular formula is C13H14ClN5O3S. The van der Waals surface area contributed by atoms with E-state index in [1.165, 1.54) is 28.8 Å². The minimum absolute atomic E-state index is 0.0477. The van der Waals surface area contributed by atoms with E-state index in [1.54, 1.807) is 0 Å². The van der Waals surface area contributed by atoms with Gasteiger partial charge in [0, 0.05) is 13.1 Å². The number of carbonyl (C=O) groups is 1. The summed E-state index contributed by atoms with van der Waals surface area (Å²) in [6, 6.07) is 4.09. The molecule has 23 heavy (non-hydrogen) atoms. The first kappa shape index (κ1) is 15.9. The Balaban J connectivity index is 1.91. The molecule has 0 radical (unpaired) electrons. The van der Waals surface area contributed by atoms with Crippen molar-refractivity contribution < 1.29 is 13.2 Å². The summed E-state index contributed by atoms with van der Waals surface area (Å²) in [4.78, 5) is 16.1. The summed E-state index contributed by atoms with van der Waals surface area (Å²) in [5.41, 5.74) is 0.0586. The predicted octanol–water partition coefficient (Wildman–Crippen LogP) is 1.49. The summed E-state index contributed by atoms with van der Waals surface area (Å²) in [6.07, 6.45) is 2.92. The lowest BCUT2D eigenvalue weighted by Gasteiger charge is -2.16. The molecule has 1 aromatic heterocycles. The second-order valence-corrected chi connectivity index (χ2v) is 7.39. The van der Waals surface area contributed by atoms with Gasteiger partial charge in [-0.1, -0.05) is 11.6 Å². The summed E-state index contributed by atoms with van der Waals surface area (Å²) in [7, 11) is -3.61. The van der Waals surface area contributed by atoms with Crippen molar-refractivity contribution in [1.29, 1.82) is 0 Å². The van der Waals surface area contributed by atoms with E-state index in [1.807, 2.05) is 0 Å². The maximum atomic E-state index is 12.6. The fourth-order valence-corrected chi connectivity index (χ4v) is 4.10. The highest BCUT2D eigenvalue weighted by atomic mass is 35.5.